The van der Waals surface area contributed by atoms with Crippen molar-refractivity contribution in [1.82, 2.24) is 9.97 Å². The van der Waals surface area contributed by atoms with E-state index in [9.17, 15) is 13.6 Å². The van der Waals surface area contributed by atoms with E-state index in [4.69, 9.17) is 9.47 Å². The fraction of sp³-hybridized carbons (Fsp3) is 0.370. The van der Waals surface area contributed by atoms with Crippen molar-refractivity contribution in [1.29, 1.82) is 0 Å². The van der Waals surface area contributed by atoms with Gasteiger partial charge in [-0.3, -0.25) is 0 Å². The van der Waals surface area contributed by atoms with Gasteiger partial charge in [0.1, 0.15) is 24.3 Å². The van der Waals surface area contributed by atoms with Crippen LogP contribution in [0, 0.1) is 0 Å². The first-order valence-electron chi connectivity index (χ1n) is 11.5. The van der Waals surface area contributed by atoms with Crippen molar-refractivity contribution in [2.75, 3.05) is 6.61 Å². The highest BCUT2D eigenvalue weighted by molar-refractivity contribution is 5.81. The van der Waals surface area contributed by atoms with Gasteiger partial charge in [0, 0.05) is 23.5 Å². The molecule has 0 fully saturated rings. The number of hydrogen-bond donors (Lipinski definition) is 0. The molecule has 2 atom stereocenters. The zero-order valence-corrected chi connectivity index (χ0v) is 19.8. The van der Waals surface area contributed by atoms with Crippen LogP contribution in [0.25, 0.3) is 22.5 Å². The Hall–Kier alpha value is -3.35. The van der Waals surface area contributed by atoms with Crippen LogP contribution in [-0.4, -0.2) is 34.4 Å². The molecule has 1 heterocycles. The Balaban J connectivity index is 1.60. The van der Waals surface area contributed by atoms with E-state index < -0.39 is 17.8 Å². The van der Waals surface area contributed by atoms with E-state index >= 15 is 0 Å². The lowest BCUT2D eigenvalue weighted by atomic mass is 10.1. The topological polar surface area (TPSA) is 61.3 Å². The summed E-state index contributed by atoms with van der Waals surface area (Å²) in [6.07, 6.45) is 4.81. The van der Waals surface area contributed by atoms with E-state index in [1.54, 1.807) is 55.7 Å². The molecule has 0 radical (unpaired) electrons. The number of rotatable bonds is 11. The quantitative estimate of drug-likeness (QED) is 0.230. The summed E-state index contributed by atoms with van der Waals surface area (Å²) < 4.78 is 38.4. The van der Waals surface area contributed by atoms with Crippen molar-refractivity contribution in [3.8, 4) is 34.0 Å². The summed E-state index contributed by atoms with van der Waals surface area (Å²) in [4.78, 5) is 20.7. The maximum Gasteiger partial charge on any atom is 0.348 e. The molecule has 0 aliphatic rings. The van der Waals surface area contributed by atoms with Gasteiger partial charge in [0.05, 0.1) is 0 Å². The zero-order valence-electron chi connectivity index (χ0n) is 19.8. The van der Waals surface area contributed by atoms with Crippen molar-refractivity contribution in [3.63, 3.8) is 0 Å². The molecule has 0 N–H and O–H groups in total. The van der Waals surface area contributed by atoms with Gasteiger partial charge in [-0.2, -0.15) is 0 Å². The second-order valence-corrected chi connectivity index (χ2v) is 8.34. The van der Waals surface area contributed by atoms with Crippen LogP contribution >= 0.6 is 0 Å². The number of unbranched alkanes of at least 4 members (excludes halogenated alkanes) is 1. The van der Waals surface area contributed by atoms with E-state index in [2.05, 4.69) is 9.97 Å². The maximum atomic E-state index is 14.0. The van der Waals surface area contributed by atoms with Crippen LogP contribution in [0.2, 0.25) is 0 Å². The minimum atomic E-state index is -2.02. The number of ether oxygens (including phenoxy) is 2. The molecule has 34 heavy (non-hydrogen) atoms. The molecular formula is C27H30F2N2O3. The SMILES string of the molecule is CCCC[C@H](F)COc1ccc(-c2ncc(-c3ccc(OC(=O)[C@@](C)(F)CC)cc3)cn2)cc1. The molecule has 0 aliphatic carbocycles. The zero-order chi connectivity index (χ0) is 24.6. The van der Waals surface area contributed by atoms with Gasteiger partial charge in [-0.25, -0.2) is 23.5 Å². The van der Waals surface area contributed by atoms with Gasteiger partial charge in [0.15, 0.2) is 5.82 Å². The summed E-state index contributed by atoms with van der Waals surface area (Å²) in [5, 5.41) is 0. The van der Waals surface area contributed by atoms with Crippen molar-refractivity contribution in [2.24, 2.45) is 0 Å². The number of aromatic nitrogens is 2. The minimum Gasteiger partial charge on any atom is -0.491 e. The summed E-state index contributed by atoms with van der Waals surface area (Å²) in [5.41, 5.74) is 0.412. The lowest BCUT2D eigenvalue weighted by molar-refractivity contribution is -0.146. The summed E-state index contributed by atoms with van der Waals surface area (Å²) in [7, 11) is 0. The molecule has 0 bridgehead atoms. The summed E-state index contributed by atoms with van der Waals surface area (Å²) >= 11 is 0. The van der Waals surface area contributed by atoms with Crippen LogP contribution in [0.3, 0.4) is 0 Å². The number of hydrogen-bond acceptors (Lipinski definition) is 5. The van der Waals surface area contributed by atoms with Gasteiger partial charge in [0.25, 0.3) is 0 Å². The Kier molecular flexibility index (Phi) is 8.68. The van der Waals surface area contributed by atoms with Gasteiger partial charge in [0.2, 0.25) is 5.67 Å². The lowest BCUT2D eigenvalue weighted by Gasteiger charge is -2.16. The number of esters is 1. The number of alkyl halides is 2. The number of carbonyl (C=O) groups excluding carboxylic acids is 1. The molecule has 5 nitrogen and oxygen atoms in total. The highest BCUT2D eigenvalue weighted by atomic mass is 19.1. The molecule has 7 heteroatoms. The molecule has 0 aliphatic heterocycles. The van der Waals surface area contributed by atoms with Crippen LogP contribution in [-0.2, 0) is 4.79 Å². The van der Waals surface area contributed by atoms with Crippen LogP contribution in [0.15, 0.2) is 60.9 Å². The lowest BCUT2D eigenvalue weighted by Crippen LogP contribution is -2.33. The average molecular weight is 469 g/mol. The first-order valence-corrected chi connectivity index (χ1v) is 11.5. The smallest absolute Gasteiger partial charge is 0.348 e. The van der Waals surface area contributed by atoms with Gasteiger partial charge in [-0.1, -0.05) is 38.8 Å². The fourth-order valence-corrected chi connectivity index (χ4v) is 3.10. The standard InChI is InChI=1S/C27H30F2N2O3/c1-4-6-7-22(28)18-33-23-12-10-20(11-13-23)25-30-16-21(17-31-25)19-8-14-24(15-9-19)34-26(32)27(3,29)5-2/h8-17,22H,4-7,18H2,1-3H3/t22-,27-/m0/s1. The predicted octanol–water partition coefficient (Wildman–Crippen LogP) is 6.76. The molecule has 3 aromatic rings. The highest BCUT2D eigenvalue weighted by Gasteiger charge is 2.33. The summed E-state index contributed by atoms with van der Waals surface area (Å²) in [6, 6.07) is 14.0. The van der Waals surface area contributed by atoms with Crippen molar-refractivity contribution in [3.05, 3.63) is 60.9 Å². The number of halogens is 2. The molecule has 0 unspecified atom stereocenters. The Morgan fingerprint density at radius 2 is 1.53 bits per heavy atom. The number of carbonyl (C=O) groups is 1. The van der Waals surface area contributed by atoms with Crippen LogP contribution in [0.5, 0.6) is 11.5 Å². The van der Waals surface area contributed by atoms with E-state index in [-0.39, 0.29) is 18.8 Å². The predicted molar refractivity (Wildman–Crippen MR) is 128 cm³/mol. The van der Waals surface area contributed by atoms with E-state index in [1.165, 1.54) is 6.92 Å². The minimum absolute atomic E-state index is 0.0422. The third-order valence-electron chi connectivity index (χ3n) is 5.55. The second-order valence-electron chi connectivity index (χ2n) is 8.34. The molecular weight excluding hydrogens is 438 g/mol. The molecule has 0 amide bonds. The molecule has 1 aromatic heterocycles. The molecule has 180 valence electrons. The second kappa shape index (κ2) is 11.7. The molecule has 3 rings (SSSR count). The first kappa shape index (κ1) is 25.3. The van der Waals surface area contributed by atoms with Gasteiger partial charge >= 0.3 is 5.97 Å². The molecule has 0 saturated heterocycles. The van der Waals surface area contributed by atoms with E-state index in [0.717, 1.165) is 29.5 Å². The van der Waals surface area contributed by atoms with Gasteiger partial charge in [-0.05, 0) is 61.7 Å². The number of nitrogens with zero attached hydrogens (tertiary/aromatic N) is 2. The molecule has 0 saturated carbocycles. The third kappa shape index (κ3) is 6.83. The van der Waals surface area contributed by atoms with Gasteiger partial charge in [-0.15, -0.1) is 0 Å². The Labute approximate surface area is 199 Å². The summed E-state index contributed by atoms with van der Waals surface area (Å²) in [5.74, 6) is 0.518. The van der Waals surface area contributed by atoms with Crippen molar-refractivity contribution in [2.45, 2.75) is 58.3 Å². The van der Waals surface area contributed by atoms with E-state index in [0.29, 0.717) is 18.0 Å². The van der Waals surface area contributed by atoms with Gasteiger partial charge < -0.3 is 9.47 Å². The molecule has 2 aromatic carbocycles. The van der Waals surface area contributed by atoms with Crippen molar-refractivity contribution >= 4 is 5.97 Å². The Bertz CT molecular complexity index is 1050. The summed E-state index contributed by atoms with van der Waals surface area (Å²) in [6.45, 7) is 4.88. The van der Waals surface area contributed by atoms with Crippen molar-refractivity contribution < 1.29 is 23.0 Å². The average Bonchev–Trinajstić information content (AvgIpc) is 2.87. The van der Waals surface area contributed by atoms with Crippen LogP contribution in [0.4, 0.5) is 8.78 Å². The van der Waals surface area contributed by atoms with Crippen LogP contribution in [0.1, 0.15) is 46.5 Å². The fourth-order valence-electron chi connectivity index (χ4n) is 3.10. The monoisotopic (exact) mass is 468 g/mol. The third-order valence-corrected chi connectivity index (χ3v) is 5.55. The largest absolute Gasteiger partial charge is 0.491 e. The Morgan fingerprint density at radius 1 is 0.941 bits per heavy atom. The highest BCUT2D eigenvalue weighted by Crippen LogP contribution is 2.25. The molecule has 0 spiro atoms. The van der Waals surface area contributed by atoms with Crippen LogP contribution < -0.4 is 9.47 Å². The number of benzene rings is 2. The Morgan fingerprint density at radius 3 is 2.12 bits per heavy atom. The van der Waals surface area contributed by atoms with E-state index in [1.807, 2.05) is 19.1 Å². The first-order chi connectivity index (χ1) is 16.3. The normalized spacial score (nSPS) is 13.7. The maximum absolute atomic E-state index is 14.0.